The predicted molar refractivity (Wildman–Crippen MR) is 80.4 cm³/mol. The SMILES string of the molecule is C/C=C/C=C/C(=O)O.CN1CCCC1c1cccnc1. The number of carbonyl (C=O) groups is 1. The van der Waals surface area contributed by atoms with E-state index in [9.17, 15) is 4.79 Å². The summed E-state index contributed by atoms with van der Waals surface area (Å²) in [6, 6.07) is 4.79. The highest BCUT2D eigenvalue weighted by molar-refractivity contribution is 5.80. The number of nitrogens with zero attached hydrogens (tertiary/aromatic N) is 2. The second-order valence-corrected chi connectivity index (χ2v) is 4.65. The first-order chi connectivity index (χ1) is 9.65. The molecule has 4 heteroatoms. The molecule has 1 unspecified atom stereocenters. The van der Waals surface area contributed by atoms with Crippen LogP contribution in [0.4, 0.5) is 0 Å². The van der Waals surface area contributed by atoms with E-state index in [2.05, 4.69) is 23.0 Å². The summed E-state index contributed by atoms with van der Waals surface area (Å²) < 4.78 is 0. The number of carboxylic acid groups (broad SMARTS) is 1. The van der Waals surface area contributed by atoms with Crippen LogP contribution in [0.25, 0.3) is 0 Å². The molecule has 0 saturated carbocycles. The van der Waals surface area contributed by atoms with Gasteiger partial charge in [-0.1, -0.05) is 24.3 Å². The molecule has 0 aliphatic carbocycles. The number of likely N-dealkylation sites (tertiary alicyclic amines) is 1. The van der Waals surface area contributed by atoms with E-state index in [1.54, 1.807) is 12.2 Å². The van der Waals surface area contributed by atoms with Crippen LogP contribution in [0.2, 0.25) is 0 Å². The summed E-state index contributed by atoms with van der Waals surface area (Å²) in [5.74, 6) is -0.914. The van der Waals surface area contributed by atoms with Gasteiger partial charge in [-0.2, -0.15) is 0 Å². The molecular weight excluding hydrogens is 252 g/mol. The third-order valence-electron chi connectivity index (χ3n) is 3.13. The molecule has 1 N–H and O–H groups in total. The maximum atomic E-state index is 9.75. The molecule has 0 spiro atoms. The Hall–Kier alpha value is -1.94. The topological polar surface area (TPSA) is 53.4 Å². The van der Waals surface area contributed by atoms with E-state index in [0.717, 1.165) is 6.08 Å². The fourth-order valence-electron chi connectivity index (χ4n) is 2.15. The zero-order chi connectivity index (χ0) is 14.8. The summed E-state index contributed by atoms with van der Waals surface area (Å²) in [4.78, 5) is 16.3. The number of allylic oxidation sites excluding steroid dienone is 3. The molecule has 1 fully saturated rings. The largest absolute Gasteiger partial charge is 0.478 e. The van der Waals surface area contributed by atoms with Crippen LogP contribution < -0.4 is 0 Å². The lowest BCUT2D eigenvalue weighted by molar-refractivity contribution is -0.131. The smallest absolute Gasteiger partial charge is 0.328 e. The Bertz CT molecular complexity index is 455. The van der Waals surface area contributed by atoms with Crippen LogP contribution in [0.15, 0.2) is 48.8 Å². The number of hydrogen-bond acceptors (Lipinski definition) is 3. The zero-order valence-electron chi connectivity index (χ0n) is 12.1. The van der Waals surface area contributed by atoms with Crippen LogP contribution in [0, 0.1) is 0 Å². The van der Waals surface area contributed by atoms with E-state index in [1.807, 2.05) is 25.4 Å². The van der Waals surface area contributed by atoms with Crippen molar-refractivity contribution in [1.82, 2.24) is 9.88 Å². The molecule has 20 heavy (non-hydrogen) atoms. The van der Waals surface area contributed by atoms with Crippen LogP contribution in [-0.2, 0) is 4.79 Å². The minimum Gasteiger partial charge on any atom is -0.478 e. The Morgan fingerprint density at radius 1 is 1.50 bits per heavy atom. The maximum absolute atomic E-state index is 9.75. The molecule has 0 amide bonds. The van der Waals surface area contributed by atoms with Crippen molar-refractivity contribution in [3.63, 3.8) is 0 Å². The van der Waals surface area contributed by atoms with Gasteiger partial charge in [0, 0.05) is 24.5 Å². The number of aromatic nitrogens is 1. The van der Waals surface area contributed by atoms with E-state index in [0.29, 0.717) is 6.04 Å². The van der Waals surface area contributed by atoms with Crippen molar-refractivity contribution in [2.24, 2.45) is 0 Å². The van der Waals surface area contributed by atoms with Gasteiger partial charge >= 0.3 is 5.97 Å². The highest BCUT2D eigenvalue weighted by Crippen LogP contribution is 2.29. The third-order valence-corrected chi connectivity index (χ3v) is 3.13. The molecule has 0 bridgehead atoms. The van der Waals surface area contributed by atoms with Crippen LogP contribution in [0.5, 0.6) is 0 Å². The lowest BCUT2D eigenvalue weighted by Crippen LogP contribution is -2.17. The molecule has 0 aromatic carbocycles. The fraction of sp³-hybridized carbons (Fsp3) is 0.375. The van der Waals surface area contributed by atoms with Gasteiger partial charge in [0.1, 0.15) is 0 Å². The molecule has 4 nitrogen and oxygen atoms in total. The maximum Gasteiger partial charge on any atom is 0.328 e. The second kappa shape index (κ2) is 9.04. The average molecular weight is 274 g/mol. The first-order valence-electron chi connectivity index (χ1n) is 6.77. The molecule has 1 aliphatic rings. The minimum atomic E-state index is -0.914. The molecule has 1 atom stereocenters. The summed E-state index contributed by atoms with van der Waals surface area (Å²) in [6.07, 6.45) is 12.4. The monoisotopic (exact) mass is 274 g/mol. The van der Waals surface area contributed by atoms with Crippen molar-refractivity contribution in [2.75, 3.05) is 13.6 Å². The number of aliphatic carboxylic acids is 1. The molecule has 1 aliphatic heterocycles. The summed E-state index contributed by atoms with van der Waals surface area (Å²) in [5, 5.41) is 8.02. The highest BCUT2D eigenvalue weighted by Gasteiger charge is 2.21. The molecule has 2 rings (SSSR count). The average Bonchev–Trinajstić information content (AvgIpc) is 2.87. The Morgan fingerprint density at radius 3 is 2.80 bits per heavy atom. The van der Waals surface area contributed by atoms with Gasteiger partial charge in [0.25, 0.3) is 0 Å². The number of hydrogen-bond donors (Lipinski definition) is 1. The van der Waals surface area contributed by atoms with Crippen LogP contribution in [0.1, 0.15) is 31.4 Å². The van der Waals surface area contributed by atoms with Crippen molar-refractivity contribution >= 4 is 5.97 Å². The molecule has 1 aromatic rings. The lowest BCUT2D eigenvalue weighted by atomic mass is 10.1. The van der Waals surface area contributed by atoms with E-state index in [1.165, 1.54) is 31.0 Å². The van der Waals surface area contributed by atoms with E-state index < -0.39 is 5.97 Å². The minimum absolute atomic E-state index is 0.610. The van der Waals surface area contributed by atoms with Gasteiger partial charge < -0.3 is 5.11 Å². The van der Waals surface area contributed by atoms with Crippen molar-refractivity contribution in [3.05, 3.63) is 54.4 Å². The van der Waals surface area contributed by atoms with Crippen LogP contribution >= 0.6 is 0 Å². The van der Waals surface area contributed by atoms with Crippen molar-refractivity contribution < 1.29 is 9.90 Å². The normalized spacial score (nSPS) is 19.2. The Morgan fingerprint density at radius 2 is 2.30 bits per heavy atom. The highest BCUT2D eigenvalue weighted by atomic mass is 16.4. The van der Waals surface area contributed by atoms with Crippen LogP contribution in [0.3, 0.4) is 0 Å². The van der Waals surface area contributed by atoms with E-state index in [-0.39, 0.29) is 0 Å². The van der Waals surface area contributed by atoms with Gasteiger partial charge in [-0.3, -0.25) is 9.88 Å². The molecule has 0 radical (unpaired) electrons. The summed E-state index contributed by atoms with van der Waals surface area (Å²) in [6.45, 7) is 3.05. The summed E-state index contributed by atoms with van der Waals surface area (Å²) in [5.41, 5.74) is 1.36. The predicted octanol–water partition coefficient (Wildman–Crippen LogP) is 3.05. The van der Waals surface area contributed by atoms with Gasteiger partial charge in [0.15, 0.2) is 0 Å². The molecule has 108 valence electrons. The van der Waals surface area contributed by atoms with Crippen LogP contribution in [-0.4, -0.2) is 34.6 Å². The third kappa shape index (κ3) is 5.80. The number of carboxylic acids is 1. The van der Waals surface area contributed by atoms with Gasteiger partial charge in [0.2, 0.25) is 0 Å². The summed E-state index contributed by atoms with van der Waals surface area (Å²) >= 11 is 0. The number of rotatable bonds is 3. The summed E-state index contributed by atoms with van der Waals surface area (Å²) in [7, 11) is 2.19. The van der Waals surface area contributed by atoms with Gasteiger partial charge in [-0.25, -0.2) is 4.79 Å². The quantitative estimate of drug-likeness (QED) is 0.680. The Balaban J connectivity index is 0.000000221. The van der Waals surface area contributed by atoms with Gasteiger partial charge in [-0.05, 0) is 45.0 Å². The van der Waals surface area contributed by atoms with Gasteiger partial charge in [-0.15, -0.1) is 0 Å². The zero-order valence-corrected chi connectivity index (χ0v) is 12.1. The molecule has 1 aromatic heterocycles. The molecule has 1 saturated heterocycles. The van der Waals surface area contributed by atoms with Crippen molar-refractivity contribution in [3.8, 4) is 0 Å². The Labute approximate surface area is 120 Å². The van der Waals surface area contributed by atoms with E-state index in [4.69, 9.17) is 5.11 Å². The van der Waals surface area contributed by atoms with Gasteiger partial charge in [0.05, 0.1) is 0 Å². The second-order valence-electron chi connectivity index (χ2n) is 4.65. The first kappa shape index (κ1) is 16.1. The fourth-order valence-corrected chi connectivity index (χ4v) is 2.15. The molecular formula is C16H22N2O2. The van der Waals surface area contributed by atoms with E-state index >= 15 is 0 Å². The van der Waals surface area contributed by atoms with Crippen molar-refractivity contribution in [2.45, 2.75) is 25.8 Å². The Kier molecular flexibility index (Phi) is 7.29. The standard InChI is InChI=1S/C10H14N2.C6H8O2/c1-12-7-3-5-10(12)9-4-2-6-11-8-9;1-2-3-4-5-6(7)8/h2,4,6,8,10H,3,5,7H2,1H3;2-5H,1H3,(H,7,8)/b;3-2+,5-4+. The van der Waals surface area contributed by atoms with Crippen molar-refractivity contribution in [1.29, 1.82) is 0 Å². The molecule has 2 heterocycles. The lowest BCUT2D eigenvalue weighted by Gasteiger charge is -2.18. The number of pyridine rings is 1. The first-order valence-corrected chi connectivity index (χ1v) is 6.77.